The van der Waals surface area contributed by atoms with E-state index in [1.165, 1.54) is 0 Å². The molecule has 0 spiro atoms. The predicted octanol–water partition coefficient (Wildman–Crippen LogP) is 4.33. The number of hydrogen-bond donors (Lipinski definition) is 1. The predicted molar refractivity (Wildman–Crippen MR) is 87.7 cm³/mol. The van der Waals surface area contributed by atoms with Crippen molar-refractivity contribution < 1.29 is 9.53 Å². The fourth-order valence-electron chi connectivity index (χ4n) is 1.38. The maximum absolute atomic E-state index is 11.9. The molecular weight excluding hydrogens is 377 g/mol. The van der Waals surface area contributed by atoms with Crippen LogP contribution in [0, 0.1) is 9.49 Å². The number of amides is 1. The van der Waals surface area contributed by atoms with Gasteiger partial charge in [0.15, 0.2) is 0 Å². The number of halogens is 2. The lowest BCUT2D eigenvalue weighted by molar-refractivity contribution is -0.126. The van der Waals surface area contributed by atoms with Gasteiger partial charge in [-0.2, -0.15) is 0 Å². The van der Waals surface area contributed by atoms with Gasteiger partial charge in [-0.15, -0.1) is 0 Å². The Hall–Kier alpha value is -0.330. The molecule has 0 aliphatic rings. The van der Waals surface area contributed by atoms with E-state index in [0.717, 1.165) is 9.99 Å². The quantitative estimate of drug-likeness (QED) is 0.728. The molecule has 1 N–H and O–H groups in total. The number of carbonyl (C=O) groups excluding carboxylic acids is 1. The molecule has 106 valence electrons. The van der Waals surface area contributed by atoms with E-state index in [1.807, 2.05) is 12.1 Å². The van der Waals surface area contributed by atoms with Crippen molar-refractivity contribution in [2.75, 3.05) is 11.9 Å². The van der Waals surface area contributed by atoms with Crippen molar-refractivity contribution in [3.05, 3.63) is 26.8 Å². The van der Waals surface area contributed by atoms with Gasteiger partial charge in [-0.3, -0.25) is 4.79 Å². The monoisotopic (exact) mass is 395 g/mol. The maximum Gasteiger partial charge on any atom is 0.253 e. The summed E-state index contributed by atoms with van der Waals surface area (Å²) in [5.74, 6) is 0.396. The average molecular weight is 396 g/mol. The van der Waals surface area contributed by atoms with Gasteiger partial charge in [0, 0.05) is 10.2 Å². The zero-order valence-corrected chi connectivity index (χ0v) is 14.3. The normalized spacial score (nSPS) is 12.5. The van der Waals surface area contributed by atoms with Gasteiger partial charge in [-0.25, -0.2) is 0 Å². The Kier molecular flexibility index (Phi) is 7.10. The average Bonchev–Trinajstić information content (AvgIpc) is 2.32. The zero-order valence-electron chi connectivity index (χ0n) is 11.4. The molecule has 0 fully saturated rings. The van der Waals surface area contributed by atoms with Crippen molar-refractivity contribution in [2.24, 2.45) is 5.92 Å². The molecule has 0 aliphatic heterocycles. The lowest BCUT2D eigenvalue weighted by Gasteiger charge is -2.15. The molecule has 0 radical (unpaired) electrons. The van der Waals surface area contributed by atoms with E-state index in [0.29, 0.717) is 23.2 Å². The van der Waals surface area contributed by atoms with Gasteiger partial charge in [0.05, 0.1) is 10.7 Å². The minimum atomic E-state index is -0.478. The summed E-state index contributed by atoms with van der Waals surface area (Å²) in [6.07, 6.45) is 0.469. The lowest BCUT2D eigenvalue weighted by Crippen LogP contribution is -2.28. The Bertz CT molecular complexity index is 437. The maximum atomic E-state index is 11.9. The van der Waals surface area contributed by atoms with E-state index in [1.54, 1.807) is 13.0 Å². The first-order valence-corrected chi connectivity index (χ1v) is 7.73. The van der Waals surface area contributed by atoms with Crippen LogP contribution in [0.5, 0.6) is 0 Å². The molecule has 1 aromatic rings. The molecule has 5 heteroatoms. The SMILES string of the molecule is CC(C)CCOC(C)C(=O)Nc1ccc(I)cc1Cl. The Morgan fingerprint density at radius 1 is 1.42 bits per heavy atom. The number of hydrogen-bond acceptors (Lipinski definition) is 2. The fourth-order valence-corrected chi connectivity index (χ4v) is 2.28. The molecule has 0 saturated heterocycles. The van der Waals surface area contributed by atoms with Crippen LogP contribution < -0.4 is 5.32 Å². The van der Waals surface area contributed by atoms with Gasteiger partial charge < -0.3 is 10.1 Å². The number of ether oxygens (including phenoxy) is 1. The molecule has 0 heterocycles. The van der Waals surface area contributed by atoms with Crippen LogP contribution in [0.4, 0.5) is 5.69 Å². The number of rotatable bonds is 6. The number of nitrogens with one attached hydrogen (secondary N) is 1. The first-order valence-electron chi connectivity index (χ1n) is 6.27. The summed E-state index contributed by atoms with van der Waals surface area (Å²) >= 11 is 8.24. The van der Waals surface area contributed by atoms with E-state index in [-0.39, 0.29) is 5.91 Å². The largest absolute Gasteiger partial charge is 0.369 e. The summed E-state index contributed by atoms with van der Waals surface area (Å²) in [6.45, 7) is 6.59. The van der Waals surface area contributed by atoms with Crippen molar-refractivity contribution in [3.8, 4) is 0 Å². The first kappa shape index (κ1) is 16.7. The number of anilines is 1. The van der Waals surface area contributed by atoms with E-state index in [4.69, 9.17) is 16.3 Å². The van der Waals surface area contributed by atoms with Gasteiger partial charge in [0.25, 0.3) is 5.91 Å². The molecule has 0 aliphatic carbocycles. The zero-order chi connectivity index (χ0) is 14.4. The second-order valence-corrected chi connectivity index (χ2v) is 6.46. The molecule has 0 aromatic heterocycles. The van der Waals surface area contributed by atoms with Crippen molar-refractivity contribution in [1.82, 2.24) is 0 Å². The smallest absolute Gasteiger partial charge is 0.253 e. The van der Waals surface area contributed by atoms with Gasteiger partial charge in [-0.05, 0) is 60.1 Å². The van der Waals surface area contributed by atoms with E-state index < -0.39 is 6.10 Å². The van der Waals surface area contributed by atoms with Gasteiger partial charge in [0.2, 0.25) is 0 Å². The highest BCUT2D eigenvalue weighted by molar-refractivity contribution is 14.1. The molecule has 1 aromatic carbocycles. The molecule has 1 rings (SSSR count). The lowest BCUT2D eigenvalue weighted by atomic mass is 10.1. The Morgan fingerprint density at radius 2 is 2.11 bits per heavy atom. The molecule has 3 nitrogen and oxygen atoms in total. The van der Waals surface area contributed by atoms with Crippen LogP contribution in [0.2, 0.25) is 5.02 Å². The minimum Gasteiger partial charge on any atom is -0.369 e. The van der Waals surface area contributed by atoms with E-state index in [2.05, 4.69) is 41.8 Å². The van der Waals surface area contributed by atoms with Crippen LogP contribution in [0.15, 0.2) is 18.2 Å². The molecule has 1 amide bonds. The summed E-state index contributed by atoms with van der Waals surface area (Å²) < 4.78 is 6.52. The molecular formula is C14H19ClINO2. The second kappa shape index (κ2) is 8.07. The minimum absolute atomic E-state index is 0.174. The Morgan fingerprint density at radius 3 is 2.68 bits per heavy atom. The van der Waals surface area contributed by atoms with Crippen LogP contribution in [0.3, 0.4) is 0 Å². The summed E-state index contributed by atoms with van der Waals surface area (Å²) in [6, 6.07) is 5.50. The van der Waals surface area contributed by atoms with E-state index >= 15 is 0 Å². The summed E-state index contributed by atoms with van der Waals surface area (Å²) in [4.78, 5) is 11.9. The summed E-state index contributed by atoms with van der Waals surface area (Å²) in [5.41, 5.74) is 0.617. The van der Waals surface area contributed by atoms with Crippen LogP contribution >= 0.6 is 34.2 Å². The second-order valence-electron chi connectivity index (χ2n) is 4.81. The Labute approximate surface area is 133 Å². The van der Waals surface area contributed by atoms with Crippen LogP contribution in [0.25, 0.3) is 0 Å². The van der Waals surface area contributed by atoms with Crippen molar-refractivity contribution in [3.63, 3.8) is 0 Å². The molecule has 0 saturated carbocycles. The highest BCUT2D eigenvalue weighted by Crippen LogP contribution is 2.24. The topological polar surface area (TPSA) is 38.3 Å². The Balaban J connectivity index is 2.49. The number of benzene rings is 1. The van der Waals surface area contributed by atoms with Gasteiger partial charge in [-0.1, -0.05) is 25.4 Å². The first-order chi connectivity index (χ1) is 8.90. The van der Waals surface area contributed by atoms with Crippen molar-refractivity contribution in [1.29, 1.82) is 0 Å². The summed E-state index contributed by atoms with van der Waals surface area (Å²) in [7, 11) is 0. The van der Waals surface area contributed by atoms with Crippen LogP contribution in [-0.4, -0.2) is 18.6 Å². The van der Waals surface area contributed by atoms with Crippen LogP contribution in [0.1, 0.15) is 27.2 Å². The highest BCUT2D eigenvalue weighted by atomic mass is 127. The van der Waals surface area contributed by atoms with Gasteiger partial charge >= 0.3 is 0 Å². The summed E-state index contributed by atoms with van der Waals surface area (Å²) in [5, 5.41) is 3.31. The van der Waals surface area contributed by atoms with Gasteiger partial charge in [0.1, 0.15) is 6.10 Å². The molecule has 19 heavy (non-hydrogen) atoms. The highest BCUT2D eigenvalue weighted by Gasteiger charge is 2.14. The number of carbonyl (C=O) groups is 1. The van der Waals surface area contributed by atoms with Crippen LogP contribution in [-0.2, 0) is 9.53 Å². The van der Waals surface area contributed by atoms with E-state index in [9.17, 15) is 4.79 Å². The third kappa shape index (κ3) is 6.10. The standard InChI is InChI=1S/C14H19ClINO2/c1-9(2)6-7-19-10(3)14(18)17-13-5-4-11(16)8-12(13)15/h4-5,8-10H,6-7H2,1-3H3,(H,17,18). The molecule has 0 bridgehead atoms. The molecule has 1 unspecified atom stereocenters. The van der Waals surface area contributed by atoms with Crippen molar-refractivity contribution >= 4 is 45.8 Å². The third-order valence-corrected chi connectivity index (χ3v) is 3.60. The fraction of sp³-hybridized carbons (Fsp3) is 0.500. The van der Waals surface area contributed by atoms with Crippen molar-refractivity contribution in [2.45, 2.75) is 33.3 Å². The molecule has 1 atom stereocenters. The third-order valence-electron chi connectivity index (χ3n) is 2.62.